The van der Waals surface area contributed by atoms with Crippen molar-refractivity contribution in [1.29, 1.82) is 0 Å². The fourth-order valence-corrected chi connectivity index (χ4v) is 3.46. The molecule has 28 heavy (non-hydrogen) atoms. The van der Waals surface area contributed by atoms with Crippen molar-refractivity contribution in [2.45, 2.75) is 13.0 Å². The first-order chi connectivity index (χ1) is 13.8. The number of hydrogen-bond donors (Lipinski definition) is 2. The standard InChI is InChI=1S/C22H24N6/c1-23-22(28-12-10-19(11-13-28)18-7-3-2-4-8-18)24-15-17-6-5-9-20(14-17)21-25-16-26-27-21/h2-10,14,16H,11-13,15H2,1H3,(H,23,24)(H,25,26,27). The Morgan fingerprint density at radius 1 is 1.14 bits per heavy atom. The summed E-state index contributed by atoms with van der Waals surface area (Å²) in [5.74, 6) is 1.70. The van der Waals surface area contributed by atoms with Gasteiger partial charge in [-0.05, 0) is 29.2 Å². The second-order valence-corrected chi connectivity index (χ2v) is 6.73. The molecule has 4 rings (SSSR count). The van der Waals surface area contributed by atoms with Crippen molar-refractivity contribution in [1.82, 2.24) is 25.4 Å². The van der Waals surface area contributed by atoms with Gasteiger partial charge in [0.1, 0.15) is 6.33 Å². The molecule has 2 heterocycles. The highest BCUT2D eigenvalue weighted by molar-refractivity contribution is 5.81. The van der Waals surface area contributed by atoms with Crippen LogP contribution < -0.4 is 5.32 Å². The van der Waals surface area contributed by atoms with Crippen LogP contribution in [0, 0.1) is 0 Å². The second kappa shape index (κ2) is 8.52. The molecule has 2 N–H and O–H groups in total. The van der Waals surface area contributed by atoms with Gasteiger partial charge in [-0.3, -0.25) is 10.1 Å². The van der Waals surface area contributed by atoms with Gasteiger partial charge in [-0.1, -0.05) is 54.6 Å². The number of nitrogens with one attached hydrogen (secondary N) is 2. The summed E-state index contributed by atoms with van der Waals surface area (Å²) in [7, 11) is 1.84. The predicted molar refractivity (Wildman–Crippen MR) is 113 cm³/mol. The molecule has 142 valence electrons. The fraction of sp³-hybridized carbons (Fsp3) is 0.227. The highest BCUT2D eigenvalue weighted by Crippen LogP contribution is 2.22. The molecule has 0 bridgehead atoms. The summed E-state index contributed by atoms with van der Waals surface area (Å²) in [5.41, 5.74) is 4.93. The largest absolute Gasteiger partial charge is 0.352 e. The van der Waals surface area contributed by atoms with Gasteiger partial charge in [0.15, 0.2) is 11.8 Å². The van der Waals surface area contributed by atoms with Crippen molar-refractivity contribution < 1.29 is 0 Å². The Morgan fingerprint density at radius 3 is 2.71 bits per heavy atom. The van der Waals surface area contributed by atoms with Crippen molar-refractivity contribution in [2.75, 3.05) is 20.1 Å². The summed E-state index contributed by atoms with van der Waals surface area (Å²) in [6, 6.07) is 18.9. The van der Waals surface area contributed by atoms with E-state index < -0.39 is 0 Å². The van der Waals surface area contributed by atoms with Crippen LogP contribution in [0.25, 0.3) is 17.0 Å². The first-order valence-corrected chi connectivity index (χ1v) is 9.48. The minimum absolute atomic E-state index is 0.709. The molecule has 0 unspecified atom stereocenters. The minimum Gasteiger partial charge on any atom is -0.352 e. The van der Waals surface area contributed by atoms with Gasteiger partial charge in [0.05, 0.1) is 0 Å². The van der Waals surface area contributed by atoms with Crippen LogP contribution in [0.15, 0.2) is 72.0 Å². The third-order valence-corrected chi connectivity index (χ3v) is 4.93. The maximum atomic E-state index is 4.47. The number of aliphatic imine (C=N–C) groups is 1. The van der Waals surface area contributed by atoms with Crippen molar-refractivity contribution in [3.63, 3.8) is 0 Å². The second-order valence-electron chi connectivity index (χ2n) is 6.73. The van der Waals surface area contributed by atoms with Gasteiger partial charge >= 0.3 is 0 Å². The number of H-pyrrole nitrogens is 1. The first-order valence-electron chi connectivity index (χ1n) is 9.48. The zero-order valence-electron chi connectivity index (χ0n) is 16.0. The summed E-state index contributed by atoms with van der Waals surface area (Å²) in [5, 5.41) is 10.3. The number of aromatic amines is 1. The van der Waals surface area contributed by atoms with Gasteiger partial charge in [0.25, 0.3) is 0 Å². The van der Waals surface area contributed by atoms with Crippen LogP contribution in [0.5, 0.6) is 0 Å². The molecule has 0 amide bonds. The molecule has 1 aliphatic rings. The lowest BCUT2D eigenvalue weighted by Crippen LogP contribution is -2.43. The Bertz CT molecular complexity index is 960. The van der Waals surface area contributed by atoms with Crippen LogP contribution in [0.3, 0.4) is 0 Å². The Balaban J connectivity index is 1.38. The van der Waals surface area contributed by atoms with Crippen LogP contribution in [-0.2, 0) is 6.54 Å². The molecule has 0 fully saturated rings. The summed E-state index contributed by atoms with van der Waals surface area (Å²) < 4.78 is 0. The fourth-order valence-electron chi connectivity index (χ4n) is 3.46. The van der Waals surface area contributed by atoms with Gasteiger partial charge in [-0.15, -0.1) is 0 Å². The van der Waals surface area contributed by atoms with Crippen molar-refractivity contribution >= 4 is 11.5 Å². The summed E-state index contributed by atoms with van der Waals surface area (Å²) in [6.45, 7) is 2.53. The average molecular weight is 372 g/mol. The molecular formula is C22H24N6. The molecule has 6 heteroatoms. The first kappa shape index (κ1) is 18.0. The van der Waals surface area contributed by atoms with Crippen LogP contribution in [-0.4, -0.2) is 46.2 Å². The van der Waals surface area contributed by atoms with Crippen LogP contribution >= 0.6 is 0 Å². The molecule has 1 aromatic heterocycles. The van der Waals surface area contributed by atoms with Crippen molar-refractivity contribution in [3.8, 4) is 11.4 Å². The maximum absolute atomic E-state index is 4.47. The van der Waals surface area contributed by atoms with E-state index in [1.54, 1.807) is 0 Å². The Hall–Kier alpha value is -3.41. The van der Waals surface area contributed by atoms with E-state index in [-0.39, 0.29) is 0 Å². The molecule has 3 aromatic rings. The van der Waals surface area contributed by atoms with Gasteiger partial charge in [0, 0.05) is 32.2 Å². The highest BCUT2D eigenvalue weighted by atomic mass is 15.3. The monoisotopic (exact) mass is 372 g/mol. The van der Waals surface area contributed by atoms with Gasteiger partial charge < -0.3 is 10.2 Å². The quantitative estimate of drug-likeness (QED) is 0.544. The molecule has 0 saturated carbocycles. The Kier molecular flexibility index (Phi) is 5.47. The molecular weight excluding hydrogens is 348 g/mol. The third-order valence-electron chi connectivity index (χ3n) is 4.93. The normalized spacial score (nSPS) is 14.7. The predicted octanol–water partition coefficient (Wildman–Crippen LogP) is 3.34. The lowest BCUT2D eigenvalue weighted by atomic mass is 10.00. The van der Waals surface area contributed by atoms with Gasteiger partial charge in [-0.25, -0.2) is 4.98 Å². The molecule has 1 aliphatic heterocycles. The van der Waals surface area contributed by atoms with E-state index in [1.165, 1.54) is 23.0 Å². The summed E-state index contributed by atoms with van der Waals surface area (Å²) >= 11 is 0. The van der Waals surface area contributed by atoms with Gasteiger partial charge in [-0.2, -0.15) is 5.10 Å². The number of rotatable bonds is 4. The van der Waals surface area contributed by atoms with Crippen molar-refractivity contribution in [2.24, 2.45) is 4.99 Å². The summed E-state index contributed by atoms with van der Waals surface area (Å²) in [4.78, 5) is 11.0. The molecule has 6 nitrogen and oxygen atoms in total. The molecule has 0 radical (unpaired) electrons. The third kappa shape index (κ3) is 4.11. The number of benzene rings is 2. The molecule has 0 aliphatic carbocycles. The number of hydrogen-bond acceptors (Lipinski definition) is 3. The summed E-state index contributed by atoms with van der Waals surface area (Å²) in [6.07, 6.45) is 4.84. The van der Waals surface area contributed by atoms with E-state index in [2.05, 4.69) is 78.9 Å². The number of guanidine groups is 1. The van der Waals surface area contributed by atoms with E-state index in [0.717, 1.165) is 36.9 Å². The number of aromatic nitrogens is 3. The minimum atomic E-state index is 0.709. The molecule has 0 saturated heterocycles. The average Bonchev–Trinajstić information content (AvgIpc) is 3.31. The van der Waals surface area contributed by atoms with Crippen LogP contribution in [0.4, 0.5) is 0 Å². The highest BCUT2D eigenvalue weighted by Gasteiger charge is 2.16. The lowest BCUT2D eigenvalue weighted by Gasteiger charge is -2.30. The van der Waals surface area contributed by atoms with E-state index in [1.807, 2.05) is 19.2 Å². The zero-order chi connectivity index (χ0) is 19.2. The van der Waals surface area contributed by atoms with Crippen molar-refractivity contribution in [3.05, 3.63) is 78.1 Å². The van der Waals surface area contributed by atoms with E-state index >= 15 is 0 Å². The van der Waals surface area contributed by atoms with Crippen LogP contribution in [0.2, 0.25) is 0 Å². The maximum Gasteiger partial charge on any atom is 0.194 e. The smallest absolute Gasteiger partial charge is 0.194 e. The zero-order valence-corrected chi connectivity index (χ0v) is 16.0. The van der Waals surface area contributed by atoms with E-state index in [0.29, 0.717) is 6.54 Å². The topological polar surface area (TPSA) is 69.2 Å². The SMILES string of the molecule is CN=C(NCc1cccc(-c2ncn[nH]2)c1)N1CC=C(c2ccccc2)CC1. The van der Waals surface area contributed by atoms with Crippen LogP contribution in [0.1, 0.15) is 17.5 Å². The Labute approximate surface area is 165 Å². The van der Waals surface area contributed by atoms with E-state index in [4.69, 9.17) is 0 Å². The molecule has 0 spiro atoms. The van der Waals surface area contributed by atoms with Gasteiger partial charge in [0.2, 0.25) is 0 Å². The molecule has 0 atom stereocenters. The molecule has 2 aromatic carbocycles. The number of nitrogens with zero attached hydrogens (tertiary/aromatic N) is 4. The van der Waals surface area contributed by atoms with E-state index in [9.17, 15) is 0 Å². The lowest BCUT2D eigenvalue weighted by molar-refractivity contribution is 0.440. The Morgan fingerprint density at radius 2 is 2.00 bits per heavy atom.